The third kappa shape index (κ3) is 4.67. The van der Waals surface area contributed by atoms with Gasteiger partial charge in [-0.05, 0) is 24.5 Å². The molecule has 0 amide bonds. The number of rotatable bonds is 4. The Kier molecular flexibility index (Phi) is 5.88. The summed E-state index contributed by atoms with van der Waals surface area (Å²) in [5.74, 6) is 0.393. The molecule has 0 bridgehead atoms. The number of H-pyrrole nitrogens is 1. The lowest BCUT2D eigenvalue weighted by molar-refractivity contribution is 0.628. The van der Waals surface area contributed by atoms with Gasteiger partial charge in [0.15, 0.2) is 5.82 Å². The lowest BCUT2D eigenvalue weighted by Crippen LogP contribution is -1.87. The molecular formula is C14H17FN4. The van der Waals surface area contributed by atoms with Gasteiger partial charge in [0.2, 0.25) is 0 Å². The van der Waals surface area contributed by atoms with Crippen LogP contribution in [0.25, 0.3) is 11.3 Å². The van der Waals surface area contributed by atoms with Crippen LogP contribution in [0.15, 0.2) is 55.9 Å². The summed E-state index contributed by atoms with van der Waals surface area (Å²) >= 11 is 0. The normalized spacial score (nSPS) is 8.95. The SMILES string of the molecule is C=CNC.C=CNc1cc(-c2cccc(F)c2)[nH]n1. The first-order chi connectivity index (χ1) is 9.21. The van der Waals surface area contributed by atoms with Crippen molar-refractivity contribution in [3.63, 3.8) is 0 Å². The molecule has 0 radical (unpaired) electrons. The van der Waals surface area contributed by atoms with Crippen LogP contribution in [0.3, 0.4) is 0 Å². The molecule has 1 aromatic heterocycles. The average molecular weight is 260 g/mol. The Morgan fingerprint density at radius 3 is 2.58 bits per heavy atom. The van der Waals surface area contributed by atoms with Gasteiger partial charge >= 0.3 is 0 Å². The maximum atomic E-state index is 12.9. The summed E-state index contributed by atoms with van der Waals surface area (Å²) in [7, 11) is 1.81. The number of nitrogens with zero attached hydrogens (tertiary/aromatic N) is 1. The Morgan fingerprint density at radius 2 is 2.00 bits per heavy atom. The number of halogens is 1. The number of hydrogen-bond acceptors (Lipinski definition) is 3. The molecule has 4 nitrogen and oxygen atoms in total. The smallest absolute Gasteiger partial charge is 0.152 e. The first-order valence-electron chi connectivity index (χ1n) is 5.68. The summed E-state index contributed by atoms with van der Waals surface area (Å²) in [4.78, 5) is 0. The predicted octanol–water partition coefficient (Wildman–Crippen LogP) is 3.12. The van der Waals surface area contributed by atoms with E-state index in [1.165, 1.54) is 18.3 Å². The predicted molar refractivity (Wildman–Crippen MR) is 77.1 cm³/mol. The van der Waals surface area contributed by atoms with E-state index >= 15 is 0 Å². The van der Waals surface area contributed by atoms with E-state index < -0.39 is 0 Å². The van der Waals surface area contributed by atoms with Crippen LogP contribution in [0.1, 0.15) is 0 Å². The zero-order valence-corrected chi connectivity index (χ0v) is 10.8. The van der Waals surface area contributed by atoms with Crippen molar-refractivity contribution in [3.8, 4) is 11.3 Å². The number of nitrogens with one attached hydrogen (secondary N) is 3. The molecule has 0 aliphatic heterocycles. The van der Waals surface area contributed by atoms with Gasteiger partial charge in [0, 0.05) is 18.7 Å². The van der Waals surface area contributed by atoms with Crippen LogP contribution in [-0.4, -0.2) is 17.2 Å². The van der Waals surface area contributed by atoms with Gasteiger partial charge in [0.1, 0.15) is 5.82 Å². The van der Waals surface area contributed by atoms with Crippen LogP contribution in [-0.2, 0) is 0 Å². The molecule has 5 heteroatoms. The molecule has 3 N–H and O–H groups in total. The minimum absolute atomic E-state index is 0.264. The largest absolute Gasteiger partial charge is 0.394 e. The van der Waals surface area contributed by atoms with Gasteiger partial charge in [0.05, 0.1) is 5.69 Å². The summed E-state index contributed by atoms with van der Waals surface area (Å²) in [5, 5.41) is 12.3. The molecular weight excluding hydrogens is 243 g/mol. The monoisotopic (exact) mass is 260 g/mol. The van der Waals surface area contributed by atoms with Crippen LogP contribution in [0, 0.1) is 5.82 Å². The topological polar surface area (TPSA) is 52.7 Å². The van der Waals surface area contributed by atoms with Crippen molar-refractivity contribution in [1.29, 1.82) is 0 Å². The van der Waals surface area contributed by atoms with Crippen molar-refractivity contribution in [2.75, 3.05) is 12.4 Å². The lowest BCUT2D eigenvalue weighted by atomic mass is 10.1. The van der Waals surface area contributed by atoms with E-state index in [0.29, 0.717) is 5.82 Å². The highest BCUT2D eigenvalue weighted by Gasteiger charge is 2.02. The van der Waals surface area contributed by atoms with Gasteiger partial charge in [-0.3, -0.25) is 5.10 Å². The second kappa shape index (κ2) is 7.71. The number of anilines is 1. The molecule has 0 saturated heterocycles. The summed E-state index contributed by atoms with van der Waals surface area (Å²) in [5.41, 5.74) is 1.53. The number of benzene rings is 1. The molecule has 0 aliphatic rings. The summed E-state index contributed by atoms with van der Waals surface area (Å²) < 4.78 is 12.9. The van der Waals surface area contributed by atoms with Crippen molar-refractivity contribution in [1.82, 2.24) is 15.5 Å². The Balaban J connectivity index is 0.000000399. The molecule has 2 aromatic rings. The molecule has 1 heterocycles. The summed E-state index contributed by atoms with van der Waals surface area (Å²) in [6.07, 6.45) is 3.16. The third-order valence-corrected chi connectivity index (χ3v) is 2.17. The molecule has 2 rings (SSSR count). The Morgan fingerprint density at radius 1 is 1.26 bits per heavy atom. The third-order valence-electron chi connectivity index (χ3n) is 2.17. The first kappa shape index (κ1) is 14.5. The van der Waals surface area contributed by atoms with Crippen LogP contribution in [0.4, 0.5) is 10.2 Å². The quantitative estimate of drug-likeness (QED) is 0.791. The van der Waals surface area contributed by atoms with Gasteiger partial charge < -0.3 is 10.6 Å². The Hall–Kier alpha value is -2.56. The second-order valence-corrected chi connectivity index (χ2v) is 3.52. The van der Waals surface area contributed by atoms with Crippen molar-refractivity contribution in [2.24, 2.45) is 0 Å². The fourth-order valence-corrected chi connectivity index (χ4v) is 1.30. The lowest BCUT2D eigenvalue weighted by Gasteiger charge is -1.95. The van der Waals surface area contributed by atoms with Crippen molar-refractivity contribution >= 4 is 5.82 Å². The van der Waals surface area contributed by atoms with Gasteiger partial charge in [-0.1, -0.05) is 25.3 Å². The number of aromatic nitrogens is 2. The second-order valence-electron chi connectivity index (χ2n) is 3.52. The van der Waals surface area contributed by atoms with Crippen molar-refractivity contribution < 1.29 is 4.39 Å². The van der Waals surface area contributed by atoms with Crippen LogP contribution < -0.4 is 10.6 Å². The first-order valence-corrected chi connectivity index (χ1v) is 5.68. The Labute approximate surface area is 112 Å². The molecule has 1 aromatic carbocycles. The van der Waals surface area contributed by atoms with E-state index in [1.54, 1.807) is 18.3 Å². The molecule has 0 saturated carbocycles. The highest BCUT2D eigenvalue weighted by Crippen LogP contribution is 2.20. The van der Waals surface area contributed by atoms with Crippen LogP contribution in [0.2, 0.25) is 0 Å². The minimum atomic E-state index is -0.264. The van der Waals surface area contributed by atoms with Crippen molar-refractivity contribution in [2.45, 2.75) is 0 Å². The maximum Gasteiger partial charge on any atom is 0.152 e. The molecule has 0 fully saturated rings. The van der Waals surface area contributed by atoms with Gasteiger partial charge in [-0.25, -0.2) is 4.39 Å². The summed E-state index contributed by atoms with van der Waals surface area (Å²) in [6, 6.07) is 8.12. The van der Waals surface area contributed by atoms with Crippen LogP contribution in [0.5, 0.6) is 0 Å². The van der Waals surface area contributed by atoms with E-state index in [0.717, 1.165) is 11.3 Å². The van der Waals surface area contributed by atoms with E-state index in [-0.39, 0.29) is 5.82 Å². The zero-order chi connectivity index (χ0) is 14.1. The van der Waals surface area contributed by atoms with Gasteiger partial charge in [-0.2, -0.15) is 5.10 Å². The maximum absolute atomic E-state index is 12.9. The standard InChI is InChI=1S/C11H10FN3.C3H7N/c1-2-13-11-7-10(14-15-11)8-4-3-5-9(12)6-8;1-3-4-2/h2-7H,1H2,(H2,13,14,15);3-4H,1H2,2H3. The minimum Gasteiger partial charge on any atom is -0.394 e. The Bertz CT molecular complexity index is 534. The van der Waals surface area contributed by atoms with E-state index in [4.69, 9.17) is 0 Å². The van der Waals surface area contributed by atoms with Crippen molar-refractivity contribution in [3.05, 3.63) is 61.7 Å². The average Bonchev–Trinajstić information content (AvgIpc) is 2.88. The molecule has 0 spiro atoms. The number of aromatic amines is 1. The highest BCUT2D eigenvalue weighted by molar-refractivity contribution is 5.62. The van der Waals surface area contributed by atoms with E-state index in [9.17, 15) is 4.39 Å². The van der Waals surface area contributed by atoms with Gasteiger partial charge in [-0.15, -0.1) is 0 Å². The van der Waals surface area contributed by atoms with E-state index in [2.05, 4.69) is 34.0 Å². The highest BCUT2D eigenvalue weighted by atomic mass is 19.1. The molecule has 0 atom stereocenters. The molecule has 0 aliphatic carbocycles. The fourth-order valence-electron chi connectivity index (χ4n) is 1.30. The van der Waals surface area contributed by atoms with Crippen LogP contribution >= 0.6 is 0 Å². The zero-order valence-electron chi connectivity index (χ0n) is 10.8. The molecule has 100 valence electrons. The molecule has 0 unspecified atom stereocenters. The fraction of sp³-hybridized carbons (Fsp3) is 0.0714. The molecule has 19 heavy (non-hydrogen) atoms. The van der Waals surface area contributed by atoms with Gasteiger partial charge in [0.25, 0.3) is 0 Å². The number of hydrogen-bond donors (Lipinski definition) is 3. The summed E-state index contributed by atoms with van der Waals surface area (Å²) in [6.45, 7) is 6.90. The van der Waals surface area contributed by atoms with E-state index in [1.807, 2.05) is 13.1 Å².